The summed E-state index contributed by atoms with van der Waals surface area (Å²) < 4.78 is 0. The summed E-state index contributed by atoms with van der Waals surface area (Å²) in [5, 5.41) is 12.0. The monoisotopic (exact) mass is 289 g/mol. The first-order valence-electron chi connectivity index (χ1n) is 7.27. The third-order valence-corrected chi connectivity index (χ3v) is 3.10. The number of rotatable bonds is 4. The molecule has 3 heteroatoms. The van der Waals surface area contributed by atoms with Gasteiger partial charge in [-0.05, 0) is 49.5 Å². The largest absolute Gasteiger partial charge is 0.394 e. The summed E-state index contributed by atoms with van der Waals surface area (Å²) in [5.41, 5.74) is 2.43. The molecule has 1 aromatic carbocycles. The smallest absolute Gasteiger partial charge is 0.251 e. The molecule has 0 radical (unpaired) electrons. The van der Waals surface area contributed by atoms with Crippen LogP contribution in [0.1, 0.15) is 57.5 Å². The number of benzene rings is 1. The molecule has 1 aromatic rings. The minimum atomic E-state index is -0.613. The summed E-state index contributed by atoms with van der Waals surface area (Å²) >= 11 is 0. The molecule has 0 atom stereocenters. The van der Waals surface area contributed by atoms with Crippen LogP contribution in [0, 0.1) is 5.41 Å². The zero-order valence-electron chi connectivity index (χ0n) is 13.9. The van der Waals surface area contributed by atoms with Crippen molar-refractivity contribution in [3.63, 3.8) is 0 Å². The second-order valence-corrected chi connectivity index (χ2v) is 7.27. The summed E-state index contributed by atoms with van der Waals surface area (Å²) in [6, 6.07) is 7.55. The van der Waals surface area contributed by atoms with Crippen molar-refractivity contribution in [1.29, 1.82) is 0 Å². The van der Waals surface area contributed by atoms with Crippen molar-refractivity contribution in [3.8, 4) is 0 Å². The molecule has 21 heavy (non-hydrogen) atoms. The maximum Gasteiger partial charge on any atom is 0.251 e. The Balaban J connectivity index is 2.88. The van der Waals surface area contributed by atoms with E-state index in [2.05, 4.69) is 39.1 Å². The SMILES string of the molecule is C/C(=C\C(C)(C)C)c1ccc(C(=O)NC(C)(C)CO)cc1. The van der Waals surface area contributed by atoms with Crippen molar-refractivity contribution in [2.24, 2.45) is 5.41 Å². The van der Waals surface area contributed by atoms with Crippen molar-refractivity contribution in [2.75, 3.05) is 6.61 Å². The van der Waals surface area contributed by atoms with E-state index in [-0.39, 0.29) is 17.9 Å². The zero-order chi connectivity index (χ0) is 16.3. The second-order valence-electron chi connectivity index (χ2n) is 7.27. The molecule has 1 rings (SSSR count). The van der Waals surface area contributed by atoms with E-state index in [0.717, 1.165) is 5.56 Å². The fourth-order valence-electron chi connectivity index (χ4n) is 2.04. The van der Waals surface area contributed by atoms with Gasteiger partial charge in [-0.25, -0.2) is 0 Å². The van der Waals surface area contributed by atoms with E-state index in [4.69, 9.17) is 0 Å². The molecule has 0 fully saturated rings. The molecule has 0 aliphatic rings. The van der Waals surface area contributed by atoms with Crippen LogP contribution in [0.25, 0.3) is 5.57 Å². The number of carbonyl (C=O) groups is 1. The van der Waals surface area contributed by atoms with E-state index in [0.29, 0.717) is 5.56 Å². The van der Waals surface area contributed by atoms with E-state index in [1.165, 1.54) is 5.57 Å². The highest BCUT2D eigenvalue weighted by Gasteiger charge is 2.19. The van der Waals surface area contributed by atoms with Gasteiger partial charge in [0.1, 0.15) is 0 Å². The summed E-state index contributed by atoms with van der Waals surface area (Å²) in [7, 11) is 0. The van der Waals surface area contributed by atoms with Gasteiger partial charge in [-0.3, -0.25) is 4.79 Å². The molecule has 0 saturated carbocycles. The number of nitrogens with one attached hydrogen (secondary N) is 1. The molecule has 0 unspecified atom stereocenters. The Labute approximate surface area is 128 Å². The van der Waals surface area contributed by atoms with Gasteiger partial charge in [-0.1, -0.05) is 39.0 Å². The fraction of sp³-hybridized carbons (Fsp3) is 0.500. The van der Waals surface area contributed by atoms with Gasteiger partial charge in [-0.15, -0.1) is 0 Å². The van der Waals surface area contributed by atoms with Gasteiger partial charge >= 0.3 is 0 Å². The molecule has 0 saturated heterocycles. The third kappa shape index (κ3) is 5.72. The Morgan fingerprint density at radius 2 is 1.57 bits per heavy atom. The first-order valence-corrected chi connectivity index (χ1v) is 7.27. The molecule has 0 heterocycles. The first kappa shape index (κ1) is 17.4. The lowest BCUT2D eigenvalue weighted by molar-refractivity contribution is 0.0869. The van der Waals surface area contributed by atoms with Gasteiger partial charge in [0.25, 0.3) is 5.91 Å². The lowest BCUT2D eigenvalue weighted by atomic mass is 9.91. The van der Waals surface area contributed by atoms with Gasteiger partial charge in [0.15, 0.2) is 0 Å². The lowest BCUT2D eigenvalue weighted by Gasteiger charge is -2.23. The van der Waals surface area contributed by atoms with E-state index in [9.17, 15) is 9.90 Å². The minimum Gasteiger partial charge on any atom is -0.394 e. The van der Waals surface area contributed by atoms with Gasteiger partial charge in [0, 0.05) is 5.56 Å². The van der Waals surface area contributed by atoms with Crippen LogP contribution in [0.3, 0.4) is 0 Å². The normalized spacial score (nSPS) is 13.2. The summed E-state index contributed by atoms with van der Waals surface area (Å²) in [6.45, 7) is 12.0. The van der Waals surface area contributed by atoms with E-state index in [1.807, 2.05) is 24.3 Å². The number of hydrogen-bond acceptors (Lipinski definition) is 2. The van der Waals surface area contributed by atoms with E-state index >= 15 is 0 Å². The number of aliphatic hydroxyl groups excluding tert-OH is 1. The molecule has 0 aliphatic heterocycles. The molecular weight excluding hydrogens is 262 g/mol. The van der Waals surface area contributed by atoms with Crippen LogP contribution < -0.4 is 5.32 Å². The summed E-state index contributed by atoms with van der Waals surface area (Å²) in [4.78, 5) is 12.1. The Kier molecular flexibility index (Phi) is 5.35. The Morgan fingerprint density at radius 3 is 2.00 bits per heavy atom. The predicted molar refractivity (Wildman–Crippen MR) is 88.2 cm³/mol. The van der Waals surface area contributed by atoms with Gasteiger partial charge in [0.2, 0.25) is 0 Å². The first-order chi connectivity index (χ1) is 9.54. The molecule has 0 bridgehead atoms. The number of carbonyl (C=O) groups excluding carboxylic acids is 1. The molecule has 0 spiro atoms. The van der Waals surface area contributed by atoms with Crippen LogP contribution in [0.4, 0.5) is 0 Å². The quantitative estimate of drug-likeness (QED) is 0.889. The molecule has 3 nitrogen and oxygen atoms in total. The van der Waals surface area contributed by atoms with Crippen molar-refractivity contribution in [1.82, 2.24) is 5.32 Å². The molecule has 0 aromatic heterocycles. The van der Waals surface area contributed by atoms with Crippen molar-refractivity contribution in [3.05, 3.63) is 41.5 Å². The van der Waals surface area contributed by atoms with Gasteiger partial charge in [-0.2, -0.15) is 0 Å². The van der Waals surface area contributed by atoms with Crippen LogP contribution in [0.5, 0.6) is 0 Å². The standard InChI is InChI=1S/C18H27NO2/c1-13(11-17(2,3)4)14-7-9-15(10-8-14)16(21)19-18(5,6)12-20/h7-11,20H,12H2,1-6H3,(H,19,21)/b13-11+. The highest BCUT2D eigenvalue weighted by Crippen LogP contribution is 2.23. The minimum absolute atomic E-state index is 0.0930. The van der Waals surface area contributed by atoms with Crippen molar-refractivity contribution in [2.45, 2.75) is 47.1 Å². The highest BCUT2D eigenvalue weighted by atomic mass is 16.3. The van der Waals surface area contributed by atoms with E-state index in [1.54, 1.807) is 13.8 Å². The summed E-state index contributed by atoms with van der Waals surface area (Å²) in [6.07, 6.45) is 2.22. The van der Waals surface area contributed by atoms with E-state index < -0.39 is 5.54 Å². The zero-order valence-corrected chi connectivity index (χ0v) is 13.9. The topological polar surface area (TPSA) is 49.3 Å². The Morgan fingerprint density at radius 1 is 1.10 bits per heavy atom. The molecule has 1 amide bonds. The molecule has 2 N–H and O–H groups in total. The Bertz CT molecular complexity index is 519. The van der Waals surface area contributed by atoms with Crippen LogP contribution in [-0.4, -0.2) is 23.2 Å². The number of aliphatic hydroxyl groups is 1. The molecular formula is C18H27NO2. The van der Waals surface area contributed by atoms with Crippen LogP contribution >= 0.6 is 0 Å². The van der Waals surface area contributed by atoms with Crippen LogP contribution in [-0.2, 0) is 0 Å². The van der Waals surface area contributed by atoms with Gasteiger partial charge < -0.3 is 10.4 Å². The fourth-order valence-corrected chi connectivity index (χ4v) is 2.04. The molecule has 0 aliphatic carbocycles. The number of allylic oxidation sites excluding steroid dienone is 2. The third-order valence-electron chi connectivity index (χ3n) is 3.10. The number of hydrogen-bond donors (Lipinski definition) is 2. The summed E-state index contributed by atoms with van der Waals surface area (Å²) in [5.74, 6) is -0.168. The average molecular weight is 289 g/mol. The lowest BCUT2D eigenvalue weighted by Crippen LogP contribution is -2.46. The second kappa shape index (κ2) is 6.44. The van der Waals surface area contributed by atoms with Crippen LogP contribution in [0.2, 0.25) is 0 Å². The van der Waals surface area contributed by atoms with Crippen molar-refractivity contribution >= 4 is 11.5 Å². The average Bonchev–Trinajstić information content (AvgIpc) is 2.36. The Hall–Kier alpha value is -1.61. The maximum atomic E-state index is 12.1. The van der Waals surface area contributed by atoms with Crippen LogP contribution in [0.15, 0.2) is 30.3 Å². The van der Waals surface area contributed by atoms with Gasteiger partial charge in [0.05, 0.1) is 12.1 Å². The highest BCUT2D eigenvalue weighted by molar-refractivity contribution is 5.95. The molecule has 116 valence electrons. The predicted octanol–water partition coefficient (Wildman–Crippen LogP) is 3.64. The maximum absolute atomic E-state index is 12.1. The van der Waals surface area contributed by atoms with Crippen molar-refractivity contribution < 1.29 is 9.90 Å². The number of amides is 1.